The fraction of sp³-hybridized carbons (Fsp3) is 0.581. The number of benzene rings is 2. The largest absolute Gasteiger partial charge is 0.489 e. The normalized spacial score (nSPS) is 24.4. The summed E-state index contributed by atoms with van der Waals surface area (Å²) in [6.07, 6.45) is 8.00. The van der Waals surface area contributed by atoms with Gasteiger partial charge in [0.2, 0.25) is 5.79 Å². The predicted octanol–water partition coefficient (Wildman–Crippen LogP) is 6.53. The summed E-state index contributed by atoms with van der Waals surface area (Å²) in [6.45, 7) is 8.51. The number of allylic oxidation sites excluding steroid dienone is 1. The quantitative estimate of drug-likeness (QED) is 0.0646. The number of ether oxygens (including phenoxy) is 5. The molecule has 1 fully saturated rings. The number of hydrogen-bond acceptors (Lipinski definition) is 11. The van der Waals surface area contributed by atoms with E-state index >= 15 is 0 Å². The molecule has 0 spiro atoms. The van der Waals surface area contributed by atoms with Gasteiger partial charge in [-0.3, -0.25) is 4.90 Å². The highest BCUT2D eigenvalue weighted by Gasteiger charge is 2.65. The molecule has 2 aliphatic carbocycles. The number of amides is 1. The number of rotatable bonds is 23. The first-order valence-corrected chi connectivity index (χ1v) is 20.1. The Labute approximate surface area is 329 Å². The maximum Gasteiger partial charge on any atom is 0.410 e. The van der Waals surface area contributed by atoms with Gasteiger partial charge in [-0.25, -0.2) is 9.18 Å². The molecular weight excluding hydrogens is 723 g/mol. The highest BCUT2D eigenvalue weighted by atomic mass is 19.1. The van der Waals surface area contributed by atoms with Crippen LogP contribution in [-0.2, 0) is 25.7 Å². The molecule has 2 aromatic carbocycles. The predicted molar refractivity (Wildman–Crippen MR) is 209 cm³/mol. The second kappa shape index (κ2) is 21.5. The van der Waals surface area contributed by atoms with E-state index in [2.05, 4.69) is 17.8 Å². The zero-order valence-corrected chi connectivity index (χ0v) is 32.8. The van der Waals surface area contributed by atoms with Gasteiger partial charge < -0.3 is 43.8 Å². The lowest BCUT2D eigenvalue weighted by atomic mass is 9.55. The van der Waals surface area contributed by atoms with E-state index in [-0.39, 0.29) is 89.4 Å². The lowest BCUT2D eigenvalue weighted by Crippen LogP contribution is -2.70. The smallest absolute Gasteiger partial charge is 0.410 e. The van der Waals surface area contributed by atoms with Crippen LogP contribution in [0, 0.1) is 23.6 Å². The van der Waals surface area contributed by atoms with Gasteiger partial charge in [-0.15, -0.1) is 6.58 Å². The number of nitrogens with zero attached hydrogens (tertiary/aromatic N) is 2. The first kappa shape index (κ1) is 43.1. The van der Waals surface area contributed by atoms with Gasteiger partial charge in [-0.2, -0.15) is 0 Å². The van der Waals surface area contributed by atoms with E-state index in [1.54, 1.807) is 42.2 Å². The molecule has 3 aliphatic rings. The Hall–Kier alpha value is -4.01. The van der Waals surface area contributed by atoms with Crippen molar-refractivity contribution in [2.75, 3.05) is 59.4 Å². The zero-order valence-electron chi connectivity index (χ0n) is 32.8. The fourth-order valence-corrected chi connectivity index (χ4v) is 8.57. The number of unbranched alkanes of at least 4 members (excludes halogenated alkanes) is 2. The number of halogens is 1. The first-order chi connectivity index (χ1) is 27.4. The van der Waals surface area contributed by atoms with Gasteiger partial charge in [-0.1, -0.05) is 48.3 Å². The minimum absolute atomic E-state index is 0.0150. The Morgan fingerprint density at radius 3 is 2.54 bits per heavy atom. The minimum atomic E-state index is -1.46. The van der Waals surface area contributed by atoms with Crippen LogP contribution < -0.4 is 9.47 Å². The average molecular weight is 783 g/mol. The molecule has 308 valence electrons. The van der Waals surface area contributed by atoms with E-state index in [1.165, 1.54) is 6.07 Å². The third-order valence-electron chi connectivity index (χ3n) is 10.9. The van der Waals surface area contributed by atoms with Crippen molar-refractivity contribution >= 4 is 11.8 Å². The van der Waals surface area contributed by atoms with Crippen LogP contribution in [0.1, 0.15) is 75.8 Å². The maximum absolute atomic E-state index is 14.6. The third-order valence-corrected chi connectivity index (χ3v) is 10.9. The van der Waals surface area contributed by atoms with Crippen LogP contribution in [0.4, 0.5) is 9.18 Å². The zero-order chi connectivity index (χ0) is 39.9. The molecule has 56 heavy (non-hydrogen) atoms. The van der Waals surface area contributed by atoms with E-state index in [1.807, 2.05) is 19.1 Å². The fourth-order valence-electron chi connectivity index (χ4n) is 8.57. The molecular formula is C43H59FN2O10. The standard InChI is InChI=1S/C43H59FN2O10/c1-4-23-54-43-39(46(42(50)52-5-2)19-24-51-25-22-49)28-37(45-55-6-3)34-26-30(13-9-11-20-47)33(15-10-12-21-48)40(41(34)43)35-27-32(17-18-38(35)56-43)53-29-31-14-7-8-16-36(31)44/h4,7-8,14,16-18,26-27,30,33,39-41,47-49H,1,5-6,9-13,15,19-25,28-29H2,2-3H3. The van der Waals surface area contributed by atoms with Gasteiger partial charge in [-0.05, 0) is 81.2 Å². The second-order valence-corrected chi connectivity index (χ2v) is 14.3. The van der Waals surface area contributed by atoms with Crippen LogP contribution in [0.15, 0.2) is 71.9 Å². The van der Waals surface area contributed by atoms with Gasteiger partial charge in [0.25, 0.3) is 0 Å². The first-order valence-electron chi connectivity index (χ1n) is 20.1. The van der Waals surface area contributed by atoms with E-state index in [0.29, 0.717) is 42.2 Å². The maximum atomic E-state index is 14.6. The molecule has 12 nitrogen and oxygen atoms in total. The minimum Gasteiger partial charge on any atom is -0.489 e. The van der Waals surface area contributed by atoms with E-state index in [9.17, 15) is 24.5 Å². The summed E-state index contributed by atoms with van der Waals surface area (Å²) < 4.78 is 46.3. The molecule has 5 rings (SSSR count). The molecule has 0 aromatic heterocycles. The average Bonchev–Trinajstić information content (AvgIpc) is 3.20. The Bertz CT molecular complexity index is 1640. The molecule has 0 bridgehead atoms. The number of carbonyl (C=O) groups is 1. The summed E-state index contributed by atoms with van der Waals surface area (Å²) >= 11 is 0. The summed E-state index contributed by atoms with van der Waals surface area (Å²) in [6, 6.07) is 11.4. The molecule has 13 heteroatoms. The summed E-state index contributed by atoms with van der Waals surface area (Å²) in [5, 5.41) is 33.8. The number of fused-ring (bicyclic) bond motifs is 2. The van der Waals surface area contributed by atoms with Crippen LogP contribution in [0.3, 0.4) is 0 Å². The summed E-state index contributed by atoms with van der Waals surface area (Å²) in [5.41, 5.74) is 2.88. The van der Waals surface area contributed by atoms with Gasteiger partial charge in [0.15, 0.2) is 0 Å². The molecule has 1 heterocycles. The lowest BCUT2D eigenvalue weighted by Gasteiger charge is -2.59. The molecule has 1 aliphatic heterocycles. The topological polar surface area (TPSA) is 149 Å². The Morgan fingerprint density at radius 1 is 1.04 bits per heavy atom. The Kier molecular flexibility index (Phi) is 16.6. The molecule has 0 saturated heterocycles. The van der Waals surface area contributed by atoms with Crippen molar-refractivity contribution in [1.29, 1.82) is 0 Å². The van der Waals surface area contributed by atoms with Crippen molar-refractivity contribution in [3.8, 4) is 11.5 Å². The van der Waals surface area contributed by atoms with Gasteiger partial charge in [0, 0.05) is 43.2 Å². The Morgan fingerprint density at radius 2 is 1.82 bits per heavy atom. The van der Waals surface area contributed by atoms with E-state index in [0.717, 1.165) is 36.8 Å². The van der Waals surface area contributed by atoms with Crippen LogP contribution in [0.25, 0.3) is 0 Å². The van der Waals surface area contributed by atoms with Gasteiger partial charge in [0.05, 0.1) is 44.7 Å². The van der Waals surface area contributed by atoms with Crippen LogP contribution in [0.2, 0.25) is 0 Å². The lowest BCUT2D eigenvalue weighted by molar-refractivity contribution is -0.256. The number of oxime groups is 1. The van der Waals surface area contributed by atoms with Crippen LogP contribution in [-0.4, -0.2) is 103 Å². The highest BCUT2D eigenvalue weighted by Crippen LogP contribution is 2.62. The van der Waals surface area contributed by atoms with Gasteiger partial charge in [0.1, 0.15) is 36.6 Å². The third kappa shape index (κ3) is 9.92. The number of aliphatic hydroxyl groups is 3. The van der Waals surface area contributed by atoms with Gasteiger partial charge >= 0.3 is 6.09 Å². The summed E-state index contributed by atoms with van der Waals surface area (Å²) in [5.74, 6) is -1.42. The molecule has 6 atom stereocenters. The van der Waals surface area contributed by atoms with Crippen molar-refractivity contribution < 1.29 is 53.0 Å². The van der Waals surface area contributed by atoms with Crippen molar-refractivity contribution in [2.24, 2.45) is 22.9 Å². The van der Waals surface area contributed by atoms with E-state index in [4.69, 9.17) is 28.5 Å². The monoisotopic (exact) mass is 782 g/mol. The molecule has 6 unspecified atom stereocenters. The van der Waals surface area contributed by atoms with Crippen LogP contribution in [0.5, 0.6) is 11.5 Å². The number of hydrogen-bond donors (Lipinski definition) is 3. The second-order valence-electron chi connectivity index (χ2n) is 14.3. The SMILES string of the molecule is C=CCOC12Oc3ccc(OCc4ccccc4F)cc3C3C(CCCCO)C(CCCCO)C=C(C(=NOCC)CC1N(CCOCCO)C(=O)OCC)C32. The van der Waals surface area contributed by atoms with Crippen molar-refractivity contribution in [2.45, 2.75) is 83.1 Å². The summed E-state index contributed by atoms with van der Waals surface area (Å²) in [7, 11) is 0. The number of carbonyl (C=O) groups excluding carboxylic acids is 1. The molecule has 0 radical (unpaired) electrons. The number of aliphatic hydroxyl groups excluding tert-OH is 3. The molecule has 1 saturated carbocycles. The van der Waals surface area contributed by atoms with Crippen molar-refractivity contribution in [1.82, 2.24) is 4.90 Å². The molecule has 1 amide bonds. The van der Waals surface area contributed by atoms with Crippen molar-refractivity contribution in [3.05, 3.63) is 83.7 Å². The molecule has 3 N–H and O–H groups in total. The van der Waals surface area contributed by atoms with E-state index < -0.39 is 23.8 Å². The van der Waals surface area contributed by atoms with Crippen LogP contribution >= 0.6 is 0 Å². The van der Waals surface area contributed by atoms with Crippen molar-refractivity contribution in [3.63, 3.8) is 0 Å². The molecule has 2 aromatic rings. The highest BCUT2D eigenvalue weighted by molar-refractivity contribution is 6.03. The summed E-state index contributed by atoms with van der Waals surface area (Å²) in [4.78, 5) is 21.4. The Balaban J connectivity index is 1.73.